The van der Waals surface area contributed by atoms with E-state index in [4.69, 9.17) is 5.11 Å². The van der Waals surface area contributed by atoms with Crippen LogP contribution in [-0.2, 0) is 20.8 Å². The van der Waals surface area contributed by atoms with E-state index in [1.54, 1.807) is 6.20 Å². The van der Waals surface area contributed by atoms with E-state index in [0.29, 0.717) is 6.42 Å². The Morgan fingerprint density at radius 1 is 1.03 bits per heavy atom. The van der Waals surface area contributed by atoms with Crippen LogP contribution in [0.15, 0.2) is 30.5 Å². The van der Waals surface area contributed by atoms with Crippen LogP contribution < -0.4 is 16.0 Å². The first-order valence-electron chi connectivity index (χ1n) is 13.5. The summed E-state index contributed by atoms with van der Waals surface area (Å²) < 4.78 is 0. The standard InChI is InChI=1S/C28H41N5O5/c1-17(2)14-23(32-28(38)33-18(3)8-7-9-19(33)4)27(37)31-24(26(36)29-13-12-25(34)35)15-20-16-30-22-11-6-5-10-21(20)22/h5-6,10-11,16-19,23-24,30H,7-9,12-15H2,1-4H3,(H,29,36)(H,31,37)(H,32,38)(H,34,35)/t18?,19?,23-,24+/m0/s1. The zero-order valence-corrected chi connectivity index (χ0v) is 22.8. The minimum absolute atomic E-state index is 0.0503. The van der Waals surface area contributed by atoms with E-state index < -0.39 is 29.9 Å². The molecule has 0 bridgehead atoms. The topological polar surface area (TPSA) is 144 Å². The van der Waals surface area contributed by atoms with Gasteiger partial charge in [0.1, 0.15) is 12.1 Å². The molecule has 0 aliphatic carbocycles. The molecular weight excluding hydrogens is 486 g/mol. The summed E-state index contributed by atoms with van der Waals surface area (Å²) in [6.45, 7) is 7.93. The van der Waals surface area contributed by atoms with E-state index in [2.05, 4.69) is 20.9 Å². The zero-order chi connectivity index (χ0) is 27.8. The fraction of sp³-hybridized carbons (Fsp3) is 0.571. The number of rotatable bonds is 11. The molecular formula is C28H41N5O5. The van der Waals surface area contributed by atoms with Crippen LogP contribution >= 0.6 is 0 Å². The van der Waals surface area contributed by atoms with Crippen LogP contribution in [0.1, 0.15) is 65.4 Å². The number of nitrogens with zero attached hydrogens (tertiary/aromatic N) is 1. The van der Waals surface area contributed by atoms with Crippen LogP contribution in [0.2, 0.25) is 0 Å². The summed E-state index contributed by atoms with van der Waals surface area (Å²) in [6.07, 6.45) is 5.10. The maximum atomic E-state index is 13.5. The molecule has 1 aromatic heterocycles. The monoisotopic (exact) mass is 527 g/mol. The van der Waals surface area contributed by atoms with Gasteiger partial charge in [0, 0.05) is 42.1 Å². The van der Waals surface area contributed by atoms with Crippen LogP contribution in [0.3, 0.4) is 0 Å². The van der Waals surface area contributed by atoms with Crippen LogP contribution in [0.4, 0.5) is 4.79 Å². The van der Waals surface area contributed by atoms with Gasteiger partial charge in [-0.05, 0) is 57.1 Å². The SMILES string of the molecule is CC(C)C[C@H](NC(=O)N1C(C)CCCC1C)C(=O)N[C@H](Cc1c[nH]c2ccccc12)C(=O)NCCC(=O)O. The molecule has 38 heavy (non-hydrogen) atoms. The number of piperidine rings is 1. The predicted octanol–water partition coefficient (Wildman–Crippen LogP) is 3.17. The van der Waals surface area contributed by atoms with Gasteiger partial charge in [-0.15, -0.1) is 0 Å². The summed E-state index contributed by atoms with van der Waals surface area (Å²) >= 11 is 0. The highest BCUT2D eigenvalue weighted by Gasteiger charge is 2.33. The molecule has 0 saturated carbocycles. The van der Waals surface area contributed by atoms with Crippen molar-refractivity contribution in [1.82, 2.24) is 25.8 Å². The number of urea groups is 1. The van der Waals surface area contributed by atoms with E-state index in [1.165, 1.54) is 0 Å². The third kappa shape index (κ3) is 7.72. The summed E-state index contributed by atoms with van der Waals surface area (Å²) in [5, 5.41) is 18.3. The van der Waals surface area contributed by atoms with E-state index in [1.807, 2.05) is 56.9 Å². The Hall–Kier alpha value is -3.56. The number of hydrogen-bond donors (Lipinski definition) is 5. The number of aliphatic carboxylic acids is 1. The molecule has 10 heteroatoms. The molecule has 10 nitrogen and oxygen atoms in total. The predicted molar refractivity (Wildman–Crippen MR) is 146 cm³/mol. The highest BCUT2D eigenvalue weighted by atomic mass is 16.4. The number of aromatic nitrogens is 1. The Balaban J connectivity index is 1.78. The van der Waals surface area contributed by atoms with Crippen LogP contribution in [-0.4, -0.2) is 69.5 Å². The molecule has 5 N–H and O–H groups in total. The number of fused-ring (bicyclic) bond motifs is 1. The zero-order valence-electron chi connectivity index (χ0n) is 22.8. The first-order chi connectivity index (χ1) is 18.1. The summed E-state index contributed by atoms with van der Waals surface area (Å²) in [4.78, 5) is 55.8. The summed E-state index contributed by atoms with van der Waals surface area (Å²) in [6, 6.07) is 5.79. The van der Waals surface area contributed by atoms with Gasteiger partial charge in [0.2, 0.25) is 11.8 Å². The highest BCUT2D eigenvalue weighted by molar-refractivity contribution is 5.93. The number of aromatic amines is 1. The molecule has 1 aliphatic rings. The van der Waals surface area contributed by atoms with Crippen LogP contribution in [0.5, 0.6) is 0 Å². The van der Waals surface area contributed by atoms with E-state index in [9.17, 15) is 19.2 Å². The molecule has 2 unspecified atom stereocenters. The third-order valence-electron chi connectivity index (χ3n) is 7.12. The average molecular weight is 528 g/mol. The van der Waals surface area contributed by atoms with E-state index in [0.717, 1.165) is 35.7 Å². The number of H-pyrrole nitrogens is 1. The van der Waals surface area contributed by atoms with Crippen molar-refractivity contribution in [3.8, 4) is 0 Å². The maximum Gasteiger partial charge on any atom is 0.318 e. The molecule has 2 heterocycles. The van der Waals surface area contributed by atoms with Crippen molar-refractivity contribution >= 4 is 34.7 Å². The van der Waals surface area contributed by atoms with Gasteiger partial charge in [0.05, 0.1) is 6.42 Å². The molecule has 1 saturated heterocycles. The van der Waals surface area contributed by atoms with Crippen molar-refractivity contribution in [3.05, 3.63) is 36.0 Å². The Morgan fingerprint density at radius 2 is 1.71 bits per heavy atom. The molecule has 4 amide bonds. The third-order valence-corrected chi connectivity index (χ3v) is 7.12. The fourth-order valence-corrected chi connectivity index (χ4v) is 5.17. The number of carboxylic acids is 1. The lowest BCUT2D eigenvalue weighted by Gasteiger charge is -2.39. The number of nitrogens with one attached hydrogen (secondary N) is 4. The van der Waals surface area contributed by atoms with Crippen LogP contribution in [0.25, 0.3) is 10.9 Å². The van der Waals surface area contributed by atoms with Crippen molar-refractivity contribution < 1.29 is 24.3 Å². The van der Waals surface area contributed by atoms with Crippen molar-refractivity contribution in [1.29, 1.82) is 0 Å². The first-order valence-corrected chi connectivity index (χ1v) is 13.5. The second kappa shape index (κ2) is 13.3. The molecule has 0 radical (unpaired) electrons. The lowest BCUT2D eigenvalue weighted by Crippen LogP contribution is -2.59. The number of amides is 4. The molecule has 3 rings (SSSR count). The van der Waals surface area contributed by atoms with Crippen LogP contribution in [0, 0.1) is 5.92 Å². The molecule has 208 valence electrons. The van der Waals surface area contributed by atoms with Gasteiger partial charge in [0.25, 0.3) is 0 Å². The number of carboxylic acid groups (broad SMARTS) is 1. The molecule has 0 spiro atoms. The number of benzene rings is 1. The Kier molecular flexibility index (Phi) is 10.2. The second-order valence-electron chi connectivity index (χ2n) is 10.7. The normalized spacial score (nSPS) is 19.1. The molecule has 1 aromatic carbocycles. The first kappa shape index (κ1) is 29.0. The van der Waals surface area contributed by atoms with Gasteiger partial charge < -0.3 is 30.9 Å². The molecule has 2 aromatic rings. The minimum atomic E-state index is -1.02. The number of carbonyl (C=O) groups is 4. The average Bonchev–Trinajstić information content (AvgIpc) is 3.25. The van der Waals surface area contributed by atoms with Crippen molar-refractivity contribution in [2.45, 2.75) is 90.4 Å². The molecule has 4 atom stereocenters. The molecule has 1 aliphatic heterocycles. The van der Waals surface area contributed by atoms with Crippen molar-refractivity contribution in [2.24, 2.45) is 5.92 Å². The van der Waals surface area contributed by atoms with E-state index >= 15 is 0 Å². The maximum absolute atomic E-state index is 13.5. The van der Waals surface area contributed by atoms with Crippen molar-refractivity contribution in [2.75, 3.05) is 6.54 Å². The van der Waals surface area contributed by atoms with Gasteiger partial charge in [-0.2, -0.15) is 0 Å². The summed E-state index contributed by atoms with van der Waals surface area (Å²) in [5.41, 5.74) is 1.76. The lowest BCUT2D eigenvalue weighted by molar-refractivity contribution is -0.137. The minimum Gasteiger partial charge on any atom is -0.481 e. The number of likely N-dealkylation sites (tertiary alicyclic amines) is 1. The Bertz CT molecular complexity index is 1120. The second-order valence-corrected chi connectivity index (χ2v) is 10.7. The smallest absolute Gasteiger partial charge is 0.318 e. The molecule has 1 fully saturated rings. The summed E-state index contributed by atoms with van der Waals surface area (Å²) in [7, 11) is 0. The Morgan fingerprint density at radius 3 is 2.37 bits per heavy atom. The largest absolute Gasteiger partial charge is 0.481 e. The fourth-order valence-electron chi connectivity index (χ4n) is 5.17. The van der Waals surface area contributed by atoms with Gasteiger partial charge >= 0.3 is 12.0 Å². The highest BCUT2D eigenvalue weighted by Crippen LogP contribution is 2.23. The van der Waals surface area contributed by atoms with Gasteiger partial charge in [-0.25, -0.2) is 4.79 Å². The number of carbonyl (C=O) groups excluding carboxylic acids is 3. The lowest BCUT2D eigenvalue weighted by atomic mass is 9.97. The van der Waals surface area contributed by atoms with E-state index in [-0.39, 0.29) is 43.4 Å². The quantitative estimate of drug-likeness (QED) is 0.305. The Labute approximate surface area is 223 Å². The number of para-hydroxylation sites is 1. The summed E-state index contributed by atoms with van der Waals surface area (Å²) in [5.74, 6) is -1.82. The van der Waals surface area contributed by atoms with Gasteiger partial charge in [0.15, 0.2) is 0 Å². The van der Waals surface area contributed by atoms with Gasteiger partial charge in [-0.1, -0.05) is 32.0 Å². The van der Waals surface area contributed by atoms with Crippen molar-refractivity contribution in [3.63, 3.8) is 0 Å². The van der Waals surface area contributed by atoms with Gasteiger partial charge in [-0.3, -0.25) is 14.4 Å². The number of hydrogen-bond acceptors (Lipinski definition) is 4.